The standard InChI is InChI=1S/C10H6F2N2O2/c11-10(12,9(15)16)6-3-5-13-7-2-1-4-14-8(6)7/h1-5H,(H,15,16). The molecule has 82 valence electrons. The highest BCUT2D eigenvalue weighted by Gasteiger charge is 2.42. The number of aromatic nitrogens is 2. The van der Waals surface area contributed by atoms with Gasteiger partial charge in [-0.1, -0.05) is 0 Å². The van der Waals surface area contributed by atoms with Crippen LogP contribution < -0.4 is 0 Å². The van der Waals surface area contributed by atoms with Crippen LogP contribution in [0.1, 0.15) is 5.56 Å². The summed E-state index contributed by atoms with van der Waals surface area (Å²) in [7, 11) is 0. The maximum atomic E-state index is 13.3. The molecule has 0 fully saturated rings. The fraction of sp³-hybridized carbons (Fsp3) is 0.100. The van der Waals surface area contributed by atoms with Crippen molar-refractivity contribution in [1.29, 1.82) is 0 Å². The van der Waals surface area contributed by atoms with Gasteiger partial charge in [0.2, 0.25) is 0 Å². The molecule has 0 aliphatic rings. The van der Waals surface area contributed by atoms with Crippen LogP contribution in [0.2, 0.25) is 0 Å². The van der Waals surface area contributed by atoms with Crippen molar-refractivity contribution in [2.45, 2.75) is 5.92 Å². The Kier molecular flexibility index (Phi) is 2.26. The first-order chi connectivity index (χ1) is 7.53. The van der Waals surface area contributed by atoms with Gasteiger partial charge in [0.15, 0.2) is 0 Å². The number of hydrogen-bond acceptors (Lipinski definition) is 3. The van der Waals surface area contributed by atoms with E-state index in [4.69, 9.17) is 5.11 Å². The van der Waals surface area contributed by atoms with E-state index in [0.717, 1.165) is 12.3 Å². The molecule has 0 aliphatic carbocycles. The molecule has 0 radical (unpaired) electrons. The van der Waals surface area contributed by atoms with Crippen molar-refractivity contribution in [2.75, 3.05) is 0 Å². The lowest BCUT2D eigenvalue weighted by Crippen LogP contribution is -2.25. The molecule has 0 amide bonds. The fourth-order valence-corrected chi connectivity index (χ4v) is 1.35. The minimum absolute atomic E-state index is 0.0996. The minimum Gasteiger partial charge on any atom is -0.477 e. The predicted octanol–water partition coefficient (Wildman–Crippen LogP) is 1.81. The second-order valence-corrected chi connectivity index (χ2v) is 3.11. The van der Waals surface area contributed by atoms with E-state index < -0.39 is 17.5 Å². The lowest BCUT2D eigenvalue weighted by Gasteiger charge is -2.12. The van der Waals surface area contributed by atoms with Crippen molar-refractivity contribution >= 4 is 17.0 Å². The molecular weight excluding hydrogens is 218 g/mol. The summed E-state index contributed by atoms with van der Waals surface area (Å²) in [5.41, 5.74) is -0.510. The Morgan fingerprint density at radius 1 is 1.25 bits per heavy atom. The zero-order valence-electron chi connectivity index (χ0n) is 7.89. The highest BCUT2D eigenvalue weighted by atomic mass is 19.3. The molecule has 0 aromatic carbocycles. The van der Waals surface area contributed by atoms with Crippen LogP contribution >= 0.6 is 0 Å². The van der Waals surface area contributed by atoms with E-state index in [0.29, 0.717) is 0 Å². The maximum Gasteiger partial charge on any atom is 0.379 e. The van der Waals surface area contributed by atoms with Crippen molar-refractivity contribution in [3.05, 3.63) is 36.2 Å². The Hall–Kier alpha value is -2.11. The van der Waals surface area contributed by atoms with E-state index >= 15 is 0 Å². The monoisotopic (exact) mass is 224 g/mol. The molecule has 0 aliphatic heterocycles. The number of aliphatic carboxylic acids is 1. The van der Waals surface area contributed by atoms with Gasteiger partial charge < -0.3 is 5.11 Å². The van der Waals surface area contributed by atoms with Gasteiger partial charge in [0.25, 0.3) is 0 Å². The summed E-state index contributed by atoms with van der Waals surface area (Å²) in [6.45, 7) is 0. The summed E-state index contributed by atoms with van der Waals surface area (Å²) in [6, 6.07) is 3.99. The lowest BCUT2D eigenvalue weighted by atomic mass is 10.1. The van der Waals surface area contributed by atoms with Gasteiger partial charge in [-0.05, 0) is 18.2 Å². The third kappa shape index (κ3) is 1.48. The number of rotatable bonds is 2. The largest absolute Gasteiger partial charge is 0.477 e. The van der Waals surface area contributed by atoms with E-state index in [1.54, 1.807) is 0 Å². The average Bonchev–Trinajstić information content (AvgIpc) is 2.28. The van der Waals surface area contributed by atoms with E-state index in [9.17, 15) is 13.6 Å². The van der Waals surface area contributed by atoms with Gasteiger partial charge >= 0.3 is 11.9 Å². The highest BCUT2D eigenvalue weighted by Crippen LogP contribution is 2.31. The number of alkyl halides is 2. The summed E-state index contributed by atoms with van der Waals surface area (Å²) in [5, 5.41) is 8.46. The van der Waals surface area contributed by atoms with Crippen LogP contribution in [0.4, 0.5) is 8.78 Å². The molecule has 1 N–H and O–H groups in total. The van der Waals surface area contributed by atoms with Gasteiger partial charge in [-0.2, -0.15) is 8.78 Å². The van der Waals surface area contributed by atoms with Crippen LogP contribution in [0.5, 0.6) is 0 Å². The number of fused-ring (bicyclic) bond motifs is 1. The second kappa shape index (κ2) is 3.48. The molecule has 2 aromatic rings. The van der Waals surface area contributed by atoms with Crippen LogP contribution in [-0.4, -0.2) is 21.0 Å². The molecule has 0 spiro atoms. The molecule has 0 bridgehead atoms. The SMILES string of the molecule is O=C(O)C(F)(F)c1ccnc2cccnc12. The Bertz CT molecular complexity index is 552. The fourth-order valence-electron chi connectivity index (χ4n) is 1.35. The van der Waals surface area contributed by atoms with E-state index in [1.165, 1.54) is 18.3 Å². The topological polar surface area (TPSA) is 63.1 Å². The first-order valence-electron chi connectivity index (χ1n) is 4.35. The van der Waals surface area contributed by atoms with Crippen LogP contribution in [0, 0.1) is 0 Å². The number of hydrogen-bond donors (Lipinski definition) is 1. The molecule has 4 nitrogen and oxygen atoms in total. The normalized spacial score (nSPS) is 11.6. The Morgan fingerprint density at radius 3 is 2.69 bits per heavy atom. The summed E-state index contributed by atoms with van der Waals surface area (Å²) in [6.07, 6.45) is 2.45. The van der Waals surface area contributed by atoms with Gasteiger partial charge in [-0.15, -0.1) is 0 Å². The third-order valence-electron chi connectivity index (χ3n) is 2.10. The number of carboxylic acids is 1. The quantitative estimate of drug-likeness (QED) is 0.844. The third-order valence-corrected chi connectivity index (χ3v) is 2.10. The zero-order valence-corrected chi connectivity index (χ0v) is 7.89. The summed E-state index contributed by atoms with van der Waals surface area (Å²) >= 11 is 0. The van der Waals surface area contributed by atoms with Gasteiger partial charge in [-0.25, -0.2) is 4.79 Å². The van der Waals surface area contributed by atoms with E-state index in [1.807, 2.05) is 0 Å². The van der Waals surface area contributed by atoms with Crippen molar-refractivity contribution in [3.8, 4) is 0 Å². The number of nitrogens with zero attached hydrogens (tertiary/aromatic N) is 2. The maximum absolute atomic E-state index is 13.3. The molecule has 0 saturated heterocycles. The number of carbonyl (C=O) groups is 1. The van der Waals surface area contributed by atoms with Crippen LogP contribution in [0.15, 0.2) is 30.6 Å². The van der Waals surface area contributed by atoms with E-state index in [2.05, 4.69) is 9.97 Å². The molecule has 2 aromatic heterocycles. The smallest absolute Gasteiger partial charge is 0.379 e. The van der Waals surface area contributed by atoms with Gasteiger partial charge in [0.05, 0.1) is 16.6 Å². The molecule has 0 atom stereocenters. The molecule has 16 heavy (non-hydrogen) atoms. The lowest BCUT2D eigenvalue weighted by molar-refractivity contribution is -0.166. The van der Waals surface area contributed by atoms with Gasteiger partial charge in [0, 0.05) is 12.4 Å². The van der Waals surface area contributed by atoms with Crippen molar-refractivity contribution in [3.63, 3.8) is 0 Å². The molecular formula is C10H6F2N2O2. The number of pyridine rings is 2. The van der Waals surface area contributed by atoms with Crippen LogP contribution in [0.3, 0.4) is 0 Å². The Labute approximate surface area is 88.6 Å². The molecule has 2 rings (SSSR count). The van der Waals surface area contributed by atoms with Crippen LogP contribution in [0.25, 0.3) is 11.0 Å². The molecule has 0 saturated carbocycles. The van der Waals surface area contributed by atoms with Crippen LogP contribution in [-0.2, 0) is 10.7 Å². The molecule has 0 unspecified atom stereocenters. The first-order valence-corrected chi connectivity index (χ1v) is 4.35. The summed E-state index contributed by atoms with van der Waals surface area (Å²) < 4.78 is 26.7. The van der Waals surface area contributed by atoms with Crippen molar-refractivity contribution in [2.24, 2.45) is 0 Å². The summed E-state index contributed by atoms with van der Waals surface area (Å²) in [4.78, 5) is 18.0. The van der Waals surface area contributed by atoms with Gasteiger partial charge in [-0.3, -0.25) is 9.97 Å². The van der Waals surface area contributed by atoms with Gasteiger partial charge in [0.1, 0.15) is 0 Å². The molecule has 6 heteroatoms. The highest BCUT2D eigenvalue weighted by molar-refractivity contribution is 5.86. The Balaban J connectivity index is 2.74. The first kappa shape index (κ1) is 10.4. The minimum atomic E-state index is -3.96. The number of halogens is 2. The Morgan fingerprint density at radius 2 is 2.00 bits per heavy atom. The van der Waals surface area contributed by atoms with Crippen molar-refractivity contribution < 1.29 is 18.7 Å². The second-order valence-electron chi connectivity index (χ2n) is 3.11. The predicted molar refractivity (Wildman–Crippen MR) is 51.1 cm³/mol. The molecule has 2 heterocycles. The number of carboxylic acid groups (broad SMARTS) is 1. The zero-order chi connectivity index (χ0) is 11.8. The van der Waals surface area contributed by atoms with Crippen molar-refractivity contribution in [1.82, 2.24) is 9.97 Å². The summed E-state index contributed by atoms with van der Waals surface area (Å²) in [5.74, 6) is -6.17. The average molecular weight is 224 g/mol. The van der Waals surface area contributed by atoms with E-state index in [-0.39, 0.29) is 11.0 Å².